The molecular weight excluding hydrogens is 364 g/mol. The second-order valence-corrected chi connectivity index (χ2v) is 2.68. The van der Waals surface area contributed by atoms with Crippen molar-refractivity contribution >= 4 is 9.22 Å². The maximum Gasteiger partial charge on any atom is -0.358 e. The number of nitrogens with two attached hydrogens (primary N) is 1. The van der Waals surface area contributed by atoms with Gasteiger partial charge in [-0.05, 0) is 0 Å². The van der Waals surface area contributed by atoms with Crippen molar-refractivity contribution in [1.29, 1.82) is 0 Å². The Balaban J connectivity index is 0. The molecule has 0 spiro atoms. The summed E-state index contributed by atoms with van der Waals surface area (Å²) in [6.45, 7) is 0. The van der Waals surface area contributed by atoms with Gasteiger partial charge in [-0.25, -0.2) is 0 Å². The molecule has 3 heteroatoms. The molecule has 1 aromatic carbocycles. The van der Waals surface area contributed by atoms with E-state index in [4.69, 9.17) is 7.97 Å². The normalized spacial score (nSPS) is 6.18. The third kappa shape index (κ3) is 9.74. The number of hydrogen-bond donors (Lipinski definition) is 1. The zero-order valence-electron chi connectivity index (χ0n) is 6.50. The van der Waals surface area contributed by atoms with Crippen molar-refractivity contribution < 1.29 is 29.5 Å². The van der Waals surface area contributed by atoms with Crippen molar-refractivity contribution in [2.24, 2.45) is 0 Å². The van der Waals surface area contributed by atoms with Crippen molar-refractivity contribution in [2.45, 2.75) is 0 Å². The second-order valence-electron chi connectivity index (χ2n) is 1.48. The van der Waals surface area contributed by atoms with Gasteiger partial charge in [-0.1, -0.05) is 5.69 Å². The first-order chi connectivity index (χ1) is 4.81. The van der Waals surface area contributed by atoms with Gasteiger partial charge in [0.05, 0.1) is 0 Å². The minimum absolute atomic E-state index is 0. The predicted molar refractivity (Wildman–Crippen MR) is 43.9 cm³/mol. The molecule has 0 saturated carbocycles. The van der Waals surface area contributed by atoms with Gasteiger partial charge in [-0.3, -0.25) is 0 Å². The summed E-state index contributed by atoms with van der Waals surface area (Å²) in [7, 11) is 0. The number of benzene rings is 1. The van der Waals surface area contributed by atoms with Crippen LogP contribution in [0, 0.1) is 40.8 Å². The van der Waals surface area contributed by atoms with E-state index >= 15 is 0 Å². The van der Waals surface area contributed by atoms with Gasteiger partial charge >= 0.3 is 33.0 Å². The van der Waals surface area contributed by atoms with E-state index in [9.17, 15) is 0 Å². The largest absolute Gasteiger partial charge is 0.358 e. The van der Waals surface area contributed by atoms with Crippen molar-refractivity contribution in [3.05, 3.63) is 37.8 Å². The Hall–Kier alpha value is -0.258. The van der Waals surface area contributed by atoms with Crippen LogP contribution in [0.3, 0.4) is 0 Å². The Morgan fingerprint density at radius 3 is 2.36 bits per heavy atom. The van der Waals surface area contributed by atoms with E-state index in [2.05, 4.69) is 9.60 Å². The average Bonchev–Trinajstić information content (AvgIpc) is 1.91. The standard InChI is InChI=1S/C6H6N.CH3.CH2.O.U/c7-6-4-2-1-3-5-6;;;;/h1-2,4-5H,7H2;1H3;1H2;;/q2*-1;;;+2. The first-order valence-electron chi connectivity index (χ1n) is 2.67. The molecule has 0 atom stereocenters. The Morgan fingerprint density at radius 2 is 2.18 bits per heavy atom. The van der Waals surface area contributed by atoms with E-state index in [1.54, 1.807) is 6.07 Å². The van der Waals surface area contributed by atoms with Gasteiger partial charge in [0.15, 0.2) is 0 Å². The molecule has 0 bridgehead atoms. The first kappa shape index (κ1) is 13.3. The topological polar surface area (TPSA) is 43.1 Å². The molecule has 2 nitrogen and oxygen atoms in total. The van der Waals surface area contributed by atoms with Crippen LogP contribution in [0.4, 0.5) is 5.69 Å². The van der Waals surface area contributed by atoms with E-state index in [1.807, 2.05) is 18.2 Å². The summed E-state index contributed by atoms with van der Waals surface area (Å²) >= 11 is -1.51. The summed E-state index contributed by atoms with van der Waals surface area (Å²) in [5.74, 6) is 0. The van der Waals surface area contributed by atoms with Crippen LogP contribution >= 0.6 is 0 Å². The van der Waals surface area contributed by atoms with Gasteiger partial charge in [-0.15, -0.1) is 0 Å². The summed E-state index contributed by atoms with van der Waals surface area (Å²) in [6.07, 6.45) is 0. The van der Waals surface area contributed by atoms with Crippen molar-refractivity contribution in [2.75, 3.05) is 5.73 Å². The van der Waals surface area contributed by atoms with Gasteiger partial charge in [0, 0.05) is 0 Å². The minimum atomic E-state index is -1.51. The van der Waals surface area contributed by atoms with E-state index in [0.717, 1.165) is 5.69 Å². The van der Waals surface area contributed by atoms with E-state index in [1.165, 1.54) is 0 Å². The Morgan fingerprint density at radius 1 is 1.64 bits per heavy atom. The van der Waals surface area contributed by atoms with Crippen LogP contribution in [0.15, 0.2) is 24.3 Å². The van der Waals surface area contributed by atoms with Gasteiger partial charge in [0.25, 0.3) is 0 Å². The molecule has 1 rings (SSSR count). The second kappa shape index (κ2) is 9.74. The molecule has 58 valence electrons. The van der Waals surface area contributed by atoms with E-state index in [-0.39, 0.29) is 7.43 Å². The zero-order valence-corrected chi connectivity index (χ0v) is 10.7. The molecule has 1 aromatic rings. The maximum atomic E-state index is 9.03. The third-order valence-corrected chi connectivity index (χ3v) is 0.731. The number of nitrogen functional groups attached to an aromatic ring is 1. The Labute approximate surface area is 81.9 Å². The minimum Gasteiger partial charge on any atom is -0.358 e. The summed E-state index contributed by atoms with van der Waals surface area (Å²) in [5.41, 5.74) is 6.09. The average molecular weight is 375 g/mol. The first-order valence-corrected chi connectivity index (χ1v) is 7.31. The Bertz CT molecular complexity index is 205. The van der Waals surface area contributed by atoms with Gasteiger partial charge in [0.2, 0.25) is 0 Å². The van der Waals surface area contributed by atoms with Crippen LogP contribution in [-0.4, -0.2) is 3.53 Å². The fourth-order valence-corrected chi connectivity index (χ4v) is 0.407. The molecule has 0 unspecified atom stereocenters. The summed E-state index contributed by atoms with van der Waals surface area (Å²) in [4.78, 5) is 0. The molecule has 0 aliphatic rings. The van der Waals surface area contributed by atoms with Crippen LogP contribution in [0.25, 0.3) is 0 Å². The monoisotopic (exact) mass is 375 g/mol. The van der Waals surface area contributed by atoms with Gasteiger partial charge in [0.1, 0.15) is 0 Å². The molecule has 0 saturated heterocycles. The molecule has 0 amide bonds. The predicted octanol–water partition coefficient (Wildman–Crippen LogP) is 1.37. The third-order valence-electron chi connectivity index (χ3n) is 0.731. The van der Waals surface area contributed by atoms with Gasteiger partial charge < -0.3 is 13.2 Å². The maximum absolute atomic E-state index is 9.03. The fraction of sp³-hybridized carbons (Fsp3) is 0. The molecule has 0 radical (unpaired) electrons. The zero-order chi connectivity index (χ0) is 7.82. The van der Waals surface area contributed by atoms with Gasteiger partial charge in [-0.2, -0.15) is 30.3 Å². The SMILES string of the molecule is Nc1c[c-]ccc1.[CH2]=[U+2]=[O].[CH3-]. The summed E-state index contributed by atoms with van der Waals surface area (Å²) in [5, 5.41) is 0. The van der Waals surface area contributed by atoms with Crippen molar-refractivity contribution in [3.8, 4) is 0 Å². The number of hydrogen-bond acceptors (Lipinski definition) is 2. The molecule has 0 aliphatic carbocycles. The molecule has 0 fully saturated rings. The fourth-order valence-electron chi connectivity index (χ4n) is 0.407. The number of anilines is 1. The Kier molecular flexibility index (Phi) is 11.8. The molecule has 2 N–H and O–H groups in total. The van der Waals surface area contributed by atoms with Crippen LogP contribution in [0.1, 0.15) is 0 Å². The number of rotatable bonds is 0. The molecule has 0 aromatic heterocycles. The van der Waals surface area contributed by atoms with E-state index < -0.39 is 27.3 Å². The van der Waals surface area contributed by atoms with E-state index in [0.29, 0.717) is 0 Å². The molecular formula is C8H11NOU. The van der Waals surface area contributed by atoms with Crippen LogP contribution in [0.2, 0.25) is 0 Å². The van der Waals surface area contributed by atoms with Crippen molar-refractivity contribution in [1.82, 2.24) is 0 Å². The summed E-state index contributed by atoms with van der Waals surface area (Å²) < 4.78 is 12.2. The van der Waals surface area contributed by atoms with Crippen molar-refractivity contribution in [3.63, 3.8) is 0 Å². The molecule has 0 heterocycles. The smallest absolute Gasteiger partial charge is 0.358 e. The quantitative estimate of drug-likeness (QED) is 0.550. The van der Waals surface area contributed by atoms with Crippen LogP contribution in [0.5, 0.6) is 0 Å². The van der Waals surface area contributed by atoms with Crippen LogP contribution < -0.4 is 5.73 Å². The van der Waals surface area contributed by atoms with Crippen LogP contribution in [-0.2, 0) is 2.24 Å². The summed E-state index contributed by atoms with van der Waals surface area (Å²) in [6, 6.07) is 10.1. The molecule has 0 aliphatic heterocycles. The molecule has 11 heavy (non-hydrogen) atoms.